The average molecular weight is 464 g/mol. The molecule has 3 aromatic rings. The monoisotopic (exact) mass is 464 g/mol. The molecule has 0 aliphatic rings. The minimum atomic E-state index is -4.47. The SMILES string of the molecule is CCC(C(C)Nc1ccc(C(F)(F)F)cn1)N(CC)C(=O)c1ccc(F)cc1-n1nccn1. The van der Waals surface area contributed by atoms with Crippen molar-refractivity contribution in [1.29, 1.82) is 0 Å². The number of halogens is 4. The van der Waals surface area contributed by atoms with Gasteiger partial charge >= 0.3 is 6.18 Å². The molecule has 0 saturated carbocycles. The largest absolute Gasteiger partial charge is 0.417 e. The number of rotatable bonds is 8. The Morgan fingerprint density at radius 2 is 1.85 bits per heavy atom. The predicted octanol–water partition coefficient (Wildman–Crippen LogP) is 4.56. The molecule has 0 fully saturated rings. The zero-order valence-electron chi connectivity index (χ0n) is 18.3. The predicted molar refractivity (Wildman–Crippen MR) is 114 cm³/mol. The van der Waals surface area contributed by atoms with E-state index in [9.17, 15) is 22.4 Å². The first-order valence-corrected chi connectivity index (χ1v) is 10.4. The average Bonchev–Trinajstić information content (AvgIpc) is 3.31. The maximum atomic E-state index is 13.9. The third-order valence-electron chi connectivity index (χ3n) is 5.29. The number of hydrogen-bond acceptors (Lipinski definition) is 5. The normalized spacial score (nSPS) is 13.4. The van der Waals surface area contributed by atoms with Crippen molar-refractivity contribution in [3.8, 4) is 5.69 Å². The molecule has 2 unspecified atom stereocenters. The third kappa shape index (κ3) is 5.47. The van der Waals surface area contributed by atoms with E-state index >= 15 is 0 Å². The molecule has 2 atom stereocenters. The second-order valence-corrected chi connectivity index (χ2v) is 7.41. The molecule has 0 bridgehead atoms. The van der Waals surface area contributed by atoms with Crippen LogP contribution in [0.15, 0.2) is 48.9 Å². The molecule has 1 amide bonds. The Bertz CT molecular complexity index is 1070. The number of anilines is 1. The molecule has 0 saturated heterocycles. The Hall–Kier alpha value is -3.50. The van der Waals surface area contributed by atoms with Gasteiger partial charge in [-0.15, -0.1) is 0 Å². The van der Waals surface area contributed by atoms with Gasteiger partial charge in [0.1, 0.15) is 17.3 Å². The molecule has 0 spiro atoms. The lowest BCUT2D eigenvalue weighted by Crippen LogP contribution is -2.48. The van der Waals surface area contributed by atoms with Crippen molar-refractivity contribution in [2.24, 2.45) is 0 Å². The number of likely N-dealkylation sites (N-methyl/N-ethyl adjacent to an activating group) is 1. The van der Waals surface area contributed by atoms with Crippen LogP contribution in [-0.4, -0.2) is 49.4 Å². The van der Waals surface area contributed by atoms with E-state index in [1.54, 1.807) is 4.90 Å². The Kier molecular flexibility index (Phi) is 7.29. The molecule has 3 rings (SSSR count). The first kappa shape index (κ1) is 24.1. The van der Waals surface area contributed by atoms with E-state index in [2.05, 4.69) is 20.5 Å². The molecule has 2 aromatic heterocycles. The number of nitrogens with one attached hydrogen (secondary N) is 1. The van der Waals surface area contributed by atoms with Gasteiger partial charge in [-0.1, -0.05) is 6.92 Å². The molecular weight excluding hydrogens is 440 g/mol. The van der Waals surface area contributed by atoms with Gasteiger partial charge in [0.2, 0.25) is 0 Å². The van der Waals surface area contributed by atoms with Crippen LogP contribution in [0.25, 0.3) is 5.69 Å². The smallest absolute Gasteiger partial charge is 0.366 e. The molecule has 33 heavy (non-hydrogen) atoms. The van der Waals surface area contributed by atoms with Crippen molar-refractivity contribution in [1.82, 2.24) is 24.9 Å². The fourth-order valence-electron chi connectivity index (χ4n) is 3.69. The van der Waals surface area contributed by atoms with Crippen LogP contribution in [0.2, 0.25) is 0 Å². The number of hydrogen-bond donors (Lipinski definition) is 1. The number of amides is 1. The van der Waals surface area contributed by atoms with Crippen molar-refractivity contribution < 1.29 is 22.4 Å². The van der Waals surface area contributed by atoms with Crippen molar-refractivity contribution >= 4 is 11.7 Å². The first-order chi connectivity index (χ1) is 15.7. The second kappa shape index (κ2) is 9.97. The van der Waals surface area contributed by atoms with Crippen molar-refractivity contribution in [3.63, 3.8) is 0 Å². The highest BCUT2D eigenvalue weighted by atomic mass is 19.4. The number of benzene rings is 1. The summed E-state index contributed by atoms with van der Waals surface area (Å²) < 4.78 is 52.3. The summed E-state index contributed by atoms with van der Waals surface area (Å²) in [4.78, 5) is 20.1. The zero-order chi connectivity index (χ0) is 24.2. The van der Waals surface area contributed by atoms with E-state index in [1.807, 2.05) is 20.8 Å². The summed E-state index contributed by atoms with van der Waals surface area (Å²) in [7, 11) is 0. The number of carbonyl (C=O) groups excluding carboxylic acids is 1. The standard InChI is InChI=1S/C22H24F4N6O/c1-4-18(14(3)30-20-9-6-15(13-27-20)22(24,25)26)31(5-2)21(33)17-8-7-16(23)12-19(17)32-28-10-11-29-32/h6-14,18H,4-5H2,1-3H3,(H,27,30). The van der Waals surface area contributed by atoms with Gasteiger partial charge in [0.25, 0.3) is 5.91 Å². The third-order valence-corrected chi connectivity index (χ3v) is 5.29. The summed E-state index contributed by atoms with van der Waals surface area (Å²) in [6, 6.07) is 5.32. The van der Waals surface area contributed by atoms with Crippen LogP contribution in [0.5, 0.6) is 0 Å². The second-order valence-electron chi connectivity index (χ2n) is 7.41. The molecule has 1 aromatic carbocycles. The van der Waals surface area contributed by atoms with Gasteiger partial charge in [-0.2, -0.15) is 28.2 Å². The minimum absolute atomic E-state index is 0.211. The van der Waals surface area contributed by atoms with E-state index in [1.165, 1.54) is 41.5 Å². The van der Waals surface area contributed by atoms with Crippen LogP contribution in [0.3, 0.4) is 0 Å². The van der Waals surface area contributed by atoms with Crippen LogP contribution >= 0.6 is 0 Å². The van der Waals surface area contributed by atoms with Gasteiger partial charge in [-0.3, -0.25) is 4.79 Å². The van der Waals surface area contributed by atoms with Gasteiger partial charge < -0.3 is 10.2 Å². The van der Waals surface area contributed by atoms with Gasteiger partial charge in [0.05, 0.1) is 29.6 Å². The van der Waals surface area contributed by atoms with Crippen LogP contribution < -0.4 is 5.32 Å². The molecule has 7 nitrogen and oxygen atoms in total. The molecule has 2 heterocycles. The lowest BCUT2D eigenvalue weighted by atomic mass is 10.0. The van der Waals surface area contributed by atoms with Crippen molar-refractivity contribution in [2.75, 3.05) is 11.9 Å². The van der Waals surface area contributed by atoms with E-state index in [4.69, 9.17) is 0 Å². The highest BCUT2D eigenvalue weighted by Gasteiger charge is 2.31. The number of nitrogens with zero attached hydrogens (tertiary/aromatic N) is 5. The minimum Gasteiger partial charge on any atom is -0.366 e. The lowest BCUT2D eigenvalue weighted by molar-refractivity contribution is -0.137. The number of alkyl halides is 3. The summed E-state index contributed by atoms with van der Waals surface area (Å²) in [5.74, 6) is -0.608. The van der Waals surface area contributed by atoms with Crippen LogP contribution in [0, 0.1) is 5.82 Å². The molecule has 0 aliphatic carbocycles. The van der Waals surface area contributed by atoms with E-state index < -0.39 is 17.6 Å². The maximum absolute atomic E-state index is 13.9. The molecule has 176 valence electrons. The fourth-order valence-corrected chi connectivity index (χ4v) is 3.69. The van der Waals surface area contributed by atoms with E-state index in [0.717, 1.165) is 12.3 Å². The summed E-state index contributed by atoms with van der Waals surface area (Å²) >= 11 is 0. The molecular formula is C22H24F4N6O. The number of carbonyl (C=O) groups is 1. The Labute approximate surface area is 188 Å². The number of pyridine rings is 1. The molecule has 0 radical (unpaired) electrons. The maximum Gasteiger partial charge on any atom is 0.417 e. The topological polar surface area (TPSA) is 75.9 Å². The molecule has 11 heteroatoms. The number of aromatic nitrogens is 4. The first-order valence-electron chi connectivity index (χ1n) is 10.4. The summed E-state index contributed by atoms with van der Waals surface area (Å²) in [5.41, 5.74) is -0.398. The Morgan fingerprint density at radius 3 is 2.39 bits per heavy atom. The summed E-state index contributed by atoms with van der Waals surface area (Å²) in [6.45, 7) is 5.90. The quantitative estimate of drug-likeness (QED) is 0.495. The summed E-state index contributed by atoms with van der Waals surface area (Å²) in [6.07, 6.45) is -0.292. The van der Waals surface area contributed by atoms with Crippen molar-refractivity contribution in [3.05, 3.63) is 65.9 Å². The zero-order valence-corrected chi connectivity index (χ0v) is 18.3. The van der Waals surface area contributed by atoms with Crippen molar-refractivity contribution in [2.45, 2.75) is 45.5 Å². The Balaban J connectivity index is 1.84. The molecule has 0 aliphatic heterocycles. The fraction of sp³-hybridized carbons (Fsp3) is 0.364. The van der Waals surface area contributed by atoms with Crippen LogP contribution in [0.1, 0.15) is 43.1 Å². The molecule has 1 N–H and O–H groups in total. The van der Waals surface area contributed by atoms with Gasteiger partial charge in [-0.25, -0.2) is 9.37 Å². The van der Waals surface area contributed by atoms with Gasteiger partial charge in [0, 0.05) is 24.8 Å². The Morgan fingerprint density at radius 1 is 1.15 bits per heavy atom. The van der Waals surface area contributed by atoms with Gasteiger partial charge in [-0.05, 0) is 44.5 Å². The van der Waals surface area contributed by atoms with Crippen LogP contribution in [-0.2, 0) is 6.18 Å². The summed E-state index contributed by atoms with van der Waals surface area (Å²) in [5, 5.41) is 11.1. The highest BCUT2D eigenvalue weighted by molar-refractivity contribution is 5.98. The van der Waals surface area contributed by atoms with Gasteiger partial charge in [0.15, 0.2) is 0 Å². The van der Waals surface area contributed by atoms with E-state index in [-0.39, 0.29) is 35.1 Å². The lowest BCUT2D eigenvalue weighted by Gasteiger charge is -2.35. The highest BCUT2D eigenvalue weighted by Crippen LogP contribution is 2.29. The van der Waals surface area contributed by atoms with E-state index in [0.29, 0.717) is 13.0 Å². The van der Waals surface area contributed by atoms with Crippen LogP contribution in [0.4, 0.5) is 23.4 Å².